The van der Waals surface area contributed by atoms with Crippen LogP contribution in [0.15, 0.2) is 18.2 Å². The maximum Gasteiger partial charge on any atom is 0.416 e. The van der Waals surface area contributed by atoms with Crippen molar-refractivity contribution in [3.63, 3.8) is 0 Å². The molecule has 1 unspecified atom stereocenters. The monoisotopic (exact) mass is 320 g/mol. The van der Waals surface area contributed by atoms with Gasteiger partial charge in [0.25, 0.3) is 11.6 Å². The summed E-state index contributed by atoms with van der Waals surface area (Å²) in [7, 11) is 0. The number of amides is 1. The molecular weight excluding hydrogens is 305 g/mol. The molecule has 9 heteroatoms. The van der Waals surface area contributed by atoms with E-state index in [4.69, 9.17) is 5.11 Å². The number of aliphatic hydroxyl groups excluding tert-OH is 1. The number of alkyl halides is 3. The van der Waals surface area contributed by atoms with E-state index in [0.717, 1.165) is 6.07 Å². The minimum absolute atomic E-state index is 0.187. The molecule has 0 spiro atoms. The lowest BCUT2D eigenvalue weighted by molar-refractivity contribution is -0.385. The normalized spacial score (nSPS) is 12.8. The van der Waals surface area contributed by atoms with Crippen LogP contribution in [0, 0.1) is 10.1 Å². The minimum atomic E-state index is -4.73. The van der Waals surface area contributed by atoms with Gasteiger partial charge in [0.2, 0.25) is 0 Å². The SMILES string of the molecule is CCC(CCO)NC(=O)c1ccc(C(F)(F)F)cc1[N+](=O)[O-]. The summed E-state index contributed by atoms with van der Waals surface area (Å²) in [6.45, 7) is 1.55. The Morgan fingerprint density at radius 2 is 2.09 bits per heavy atom. The fourth-order valence-electron chi connectivity index (χ4n) is 1.85. The largest absolute Gasteiger partial charge is 0.416 e. The zero-order valence-corrected chi connectivity index (χ0v) is 11.7. The summed E-state index contributed by atoms with van der Waals surface area (Å²) in [6.07, 6.45) is -4.01. The number of carbonyl (C=O) groups excluding carboxylic acids is 1. The van der Waals surface area contributed by atoms with Crippen molar-refractivity contribution in [2.45, 2.75) is 32.0 Å². The van der Waals surface area contributed by atoms with E-state index in [1.54, 1.807) is 6.92 Å². The van der Waals surface area contributed by atoms with Gasteiger partial charge in [0, 0.05) is 18.7 Å². The second kappa shape index (κ2) is 7.21. The van der Waals surface area contributed by atoms with Gasteiger partial charge >= 0.3 is 6.18 Å². The zero-order valence-electron chi connectivity index (χ0n) is 11.7. The standard InChI is InChI=1S/C13H15F3N2O4/c1-2-9(5-6-19)17-12(20)10-4-3-8(13(14,15)16)7-11(10)18(21)22/h3-4,7,9,19H,2,5-6H2,1H3,(H,17,20). The Labute approximate surface area is 124 Å². The molecular formula is C13H15F3N2O4. The number of hydrogen-bond acceptors (Lipinski definition) is 4. The van der Waals surface area contributed by atoms with Gasteiger partial charge in [0.1, 0.15) is 5.56 Å². The molecule has 1 amide bonds. The summed E-state index contributed by atoms with van der Waals surface area (Å²) in [6, 6.07) is 1.32. The summed E-state index contributed by atoms with van der Waals surface area (Å²) in [5, 5.41) is 22.2. The van der Waals surface area contributed by atoms with E-state index in [2.05, 4.69) is 5.32 Å². The summed E-state index contributed by atoms with van der Waals surface area (Å²) in [4.78, 5) is 21.9. The quantitative estimate of drug-likeness (QED) is 0.622. The molecule has 0 bridgehead atoms. The molecule has 2 N–H and O–H groups in total. The molecule has 22 heavy (non-hydrogen) atoms. The fourth-order valence-corrected chi connectivity index (χ4v) is 1.85. The number of rotatable bonds is 6. The number of halogens is 3. The van der Waals surface area contributed by atoms with Crippen molar-refractivity contribution in [3.05, 3.63) is 39.4 Å². The Bertz CT molecular complexity index is 561. The summed E-state index contributed by atoms with van der Waals surface area (Å²) < 4.78 is 37.7. The maximum atomic E-state index is 12.6. The second-order valence-electron chi connectivity index (χ2n) is 4.58. The number of benzene rings is 1. The van der Waals surface area contributed by atoms with Crippen LogP contribution < -0.4 is 5.32 Å². The molecule has 0 aliphatic heterocycles. The van der Waals surface area contributed by atoms with Gasteiger partial charge < -0.3 is 10.4 Å². The lowest BCUT2D eigenvalue weighted by Crippen LogP contribution is -2.35. The van der Waals surface area contributed by atoms with E-state index in [-0.39, 0.29) is 13.0 Å². The number of aliphatic hydroxyl groups is 1. The third kappa shape index (κ3) is 4.42. The molecule has 0 aliphatic rings. The Morgan fingerprint density at radius 1 is 1.45 bits per heavy atom. The Hall–Kier alpha value is -2.16. The molecule has 1 atom stereocenters. The van der Waals surface area contributed by atoms with Crippen LogP contribution in [-0.2, 0) is 6.18 Å². The van der Waals surface area contributed by atoms with Gasteiger partial charge in [-0.2, -0.15) is 13.2 Å². The topological polar surface area (TPSA) is 92.5 Å². The Balaban J connectivity index is 3.13. The van der Waals surface area contributed by atoms with Crippen LogP contribution >= 0.6 is 0 Å². The van der Waals surface area contributed by atoms with Crippen LogP contribution in [0.5, 0.6) is 0 Å². The van der Waals surface area contributed by atoms with Gasteiger partial charge in [0.05, 0.1) is 10.5 Å². The average molecular weight is 320 g/mol. The van der Waals surface area contributed by atoms with Crippen LogP contribution in [0.4, 0.5) is 18.9 Å². The van der Waals surface area contributed by atoms with Gasteiger partial charge in [-0.25, -0.2) is 0 Å². The van der Waals surface area contributed by atoms with Gasteiger partial charge in [-0.05, 0) is 25.0 Å². The van der Waals surface area contributed by atoms with Crippen molar-refractivity contribution < 1.29 is 28.0 Å². The molecule has 1 aromatic rings. The van der Waals surface area contributed by atoms with Crippen molar-refractivity contribution in [2.75, 3.05) is 6.61 Å². The van der Waals surface area contributed by atoms with Crippen LogP contribution in [-0.4, -0.2) is 28.6 Å². The highest BCUT2D eigenvalue weighted by atomic mass is 19.4. The average Bonchev–Trinajstić information content (AvgIpc) is 2.44. The molecule has 1 rings (SSSR count). The number of nitro benzene ring substituents is 1. The smallest absolute Gasteiger partial charge is 0.396 e. The van der Waals surface area contributed by atoms with Crippen molar-refractivity contribution in [2.24, 2.45) is 0 Å². The van der Waals surface area contributed by atoms with E-state index in [1.807, 2.05) is 0 Å². The molecule has 0 saturated heterocycles. The van der Waals surface area contributed by atoms with Crippen molar-refractivity contribution in [1.29, 1.82) is 0 Å². The predicted molar refractivity (Wildman–Crippen MR) is 71.3 cm³/mol. The van der Waals surface area contributed by atoms with Crippen molar-refractivity contribution in [3.8, 4) is 0 Å². The van der Waals surface area contributed by atoms with Crippen LogP contribution in [0.1, 0.15) is 35.7 Å². The first-order valence-corrected chi connectivity index (χ1v) is 6.48. The molecule has 6 nitrogen and oxygen atoms in total. The Morgan fingerprint density at radius 3 is 2.55 bits per heavy atom. The number of nitro groups is 1. The van der Waals surface area contributed by atoms with Crippen LogP contribution in [0.25, 0.3) is 0 Å². The van der Waals surface area contributed by atoms with Gasteiger partial charge in [0.15, 0.2) is 0 Å². The van der Waals surface area contributed by atoms with Gasteiger partial charge in [-0.1, -0.05) is 6.92 Å². The molecule has 0 fully saturated rings. The van der Waals surface area contributed by atoms with E-state index in [0.29, 0.717) is 18.6 Å². The van der Waals surface area contributed by atoms with Crippen LogP contribution in [0.2, 0.25) is 0 Å². The molecule has 0 radical (unpaired) electrons. The van der Waals surface area contributed by atoms with E-state index in [1.165, 1.54) is 0 Å². The number of carbonyl (C=O) groups is 1. The highest BCUT2D eigenvalue weighted by molar-refractivity contribution is 5.98. The van der Waals surface area contributed by atoms with E-state index >= 15 is 0 Å². The molecule has 1 aromatic carbocycles. The minimum Gasteiger partial charge on any atom is -0.396 e. The lowest BCUT2D eigenvalue weighted by atomic mass is 10.1. The second-order valence-corrected chi connectivity index (χ2v) is 4.58. The molecule has 0 saturated carbocycles. The summed E-state index contributed by atoms with van der Waals surface area (Å²) in [5.74, 6) is -0.847. The van der Waals surface area contributed by atoms with Gasteiger partial charge in [-0.3, -0.25) is 14.9 Å². The Kier molecular flexibility index (Phi) is 5.86. The molecule has 0 aliphatic carbocycles. The highest BCUT2D eigenvalue weighted by Gasteiger charge is 2.34. The van der Waals surface area contributed by atoms with E-state index in [9.17, 15) is 28.1 Å². The first-order chi connectivity index (χ1) is 10.2. The van der Waals surface area contributed by atoms with Crippen molar-refractivity contribution in [1.82, 2.24) is 5.32 Å². The number of nitrogens with one attached hydrogen (secondary N) is 1. The first kappa shape index (κ1) is 17.9. The maximum absolute atomic E-state index is 12.6. The third-order valence-electron chi connectivity index (χ3n) is 3.07. The molecule has 0 aromatic heterocycles. The lowest BCUT2D eigenvalue weighted by Gasteiger charge is -2.16. The van der Waals surface area contributed by atoms with Crippen LogP contribution in [0.3, 0.4) is 0 Å². The predicted octanol–water partition coefficient (Wildman–Crippen LogP) is 2.50. The van der Waals surface area contributed by atoms with Crippen molar-refractivity contribution >= 4 is 11.6 Å². The highest BCUT2D eigenvalue weighted by Crippen LogP contribution is 2.33. The first-order valence-electron chi connectivity index (χ1n) is 6.48. The molecule has 0 heterocycles. The third-order valence-corrected chi connectivity index (χ3v) is 3.07. The number of nitrogens with zero attached hydrogens (tertiary/aromatic N) is 1. The summed E-state index contributed by atoms with van der Waals surface area (Å²) >= 11 is 0. The van der Waals surface area contributed by atoms with Gasteiger partial charge in [-0.15, -0.1) is 0 Å². The molecule has 122 valence electrons. The zero-order chi connectivity index (χ0) is 16.9. The van der Waals surface area contributed by atoms with E-state index < -0.39 is 39.9 Å². The fraction of sp³-hybridized carbons (Fsp3) is 0.462. The number of hydrogen-bond donors (Lipinski definition) is 2. The summed E-state index contributed by atoms with van der Waals surface area (Å²) in [5.41, 5.74) is -2.56.